The van der Waals surface area contributed by atoms with Gasteiger partial charge < -0.3 is 15.2 Å². The van der Waals surface area contributed by atoms with Crippen LogP contribution in [0.5, 0.6) is 0 Å². The molecule has 1 fully saturated rings. The van der Waals surface area contributed by atoms with Gasteiger partial charge in [-0.3, -0.25) is 19.3 Å². The molecular formula is C16H15ClN2O6S2. The van der Waals surface area contributed by atoms with Gasteiger partial charge in [-0.2, -0.15) is 0 Å². The third-order valence-electron chi connectivity index (χ3n) is 3.98. The Balaban J connectivity index is 1.76. The number of nitrogens with zero attached hydrogens (tertiary/aromatic N) is 1. The predicted molar refractivity (Wildman–Crippen MR) is 99.1 cm³/mol. The van der Waals surface area contributed by atoms with E-state index < -0.39 is 34.1 Å². The maximum Gasteiger partial charge on any atom is 0.352 e. The van der Waals surface area contributed by atoms with Crippen LogP contribution in [0.1, 0.15) is 11.8 Å². The summed E-state index contributed by atoms with van der Waals surface area (Å²) in [4.78, 5) is 47.7. The van der Waals surface area contributed by atoms with Crippen LogP contribution >= 0.6 is 34.7 Å². The molecule has 0 saturated carbocycles. The number of esters is 1. The topological polar surface area (TPSA) is 113 Å². The van der Waals surface area contributed by atoms with Crippen LogP contribution < -0.4 is 5.32 Å². The Morgan fingerprint density at radius 2 is 2.22 bits per heavy atom. The van der Waals surface area contributed by atoms with E-state index in [4.69, 9.17) is 16.3 Å². The minimum Gasteiger partial charge on any atom is -0.477 e. The average molecular weight is 431 g/mol. The molecule has 1 saturated heterocycles. The van der Waals surface area contributed by atoms with Crippen molar-refractivity contribution in [3.05, 3.63) is 33.7 Å². The van der Waals surface area contributed by atoms with Crippen molar-refractivity contribution in [3.8, 4) is 0 Å². The zero-order chi connectivity index (χ0) is 19.8. The fourth-order valence-corrected chi connectivity index (χ4v) is 5.32. The number of hydrogen-bond acceptors (Lipinski definition) is 7. The number of thiophene rings is 1. The smallest absolute Gasteiger partial charge is 0.352 e. The summed E-state index contributed by atoms with van der Waals surface area (Å²) >= 11 is 8.98. The second-order valence-electron chi connectivity index (χ2n) is 5.89. The summed E-state index contributed by atoms with van der Waals surface area (Å²) in [7, 11) is 0. The second-order valence-corrected chi connectivity index (χ2v) is 8.59. The molecular weight excluding hydrogens is 416 g/mol. The number of carboxylic acids is 1. The molecule has 2 amide bonds. The van der Waals surface area contributed by atoms with Crippen molar-refractivity contribution in [2.45, 2.75) is 23.7 Å². The number of rotatable bonds is 6. The lowest BCUT2D eigenvalue weighted by Crippen LogP contribution is -2.77. The van der Waals surface area contributed by atoms with Crippen LogP contribution in [0.3, 0.4) is 0 Å². The van der Waals surface area contributed by atoms with Crippen LogP contribution in [-0.4, -0.2) is 56.5 Å². The fraction of sp³-hybridized carbons (Fsp3) is 0.375. The number of nitrogens with one attached hydrogen (secondary N) is 1. The van der Waals surface area contributed by atoms with Gasteiger partial charge in [0.2, 0.25) is 10.9 Å². The Kier molecular flexibility index (Phi) is 5.50. The molecule has 3 heterocycles. The molecule has 0 aliphatic carbocycles. The number of β-lactam (4-membered cyclic amide) rings is 1. The van der Waals surface area contributed by atoms with Crippen molar-refractivity contribution >= 4 is 58.5 Å². The average Bonchev–Trinajstić information content (AvgIpc) is 3.11. The number of fused-ring (bicyclic) bond motifs is 1. The van der Waals surface area contributed by atoms with E-state index in [2.05, 4.69) is 5.32 Å². The van der Waals surface area contributed by atoms with Gasteiger partial charge in [-0.05, 0) is 11.4 Å². The number of carbonyl (C=O) groups is 4. The minimum absolute atomic E-state index is 0.0795. The Labute approximate surface area is 167 Å². The molecule has 144 valence electrons. The zero-order valence-corrected chi connectivity index (χ0v) is 16.4. The molecule has 3 rings (SSSR count). The van der Waals surface area contributed by atoms with Crippen LogP contribution in [0.4, 0.5) is 0 Å². The molecule has 1 aromatic rings. The van der Waals surface area contributed by atoms with Gasteiger partial charge in [-0.15, -0.1) is 23.1 Å². The van der Waals surface area contributed by atoms with Gasteiger partial charge in [0.05, 0.1) is 6.42 Å². The molecule has 2 atom stereocenters. The van der Waals surface area contributed by atoms with Gasteiger partial charge in [0, 0.05) is 23.1 Å². The molecule has 2 aliphatic rings. The molecule has 1 aromatic heterocycles. The van der Waals surface area contributed by atoms with Gasteiger partial charge in [0.1, 0.15) is 17.7 Å². The molecule has 2 aliphatic heterocycles. The quantitative estimate of drug-likeness (QED) is 0.301. The largest absolute Gasteiger partial charge is 0.477 e. The number of aliphatic carboxylic acids is 1. The number of thioether (sulfide) groups is 1. The molecule has 0 radical (unpaired) electrons. The number of ether oxygens (including phenoxy) is 1. The number of carbonyl (C=O) groups excluding carboxylic acids is 3. The molecule has 0 aromatic carbocycles. The van der Waals surface area contributed by atoms with Crippen LogP contribution in [0.2, 0.25) is 0 Å². The lowest BCUT2D eigenvalue weighted by molar-refractivity contribution is -0.153. The lowest BCUT2D eigenvalue weighted by Gasteiger charge is -2.54. The first-order valence-corrected chi connectivity index (χ1v) is 10.1. The van der Waals surface area contributed by atoms with E-state index >= 15 is 0 Å². The van der Waals surface area contributed by atoms with E-state index in [1.54, 1.807) is 6.07 Å². The van der Waals surface area contributed by atoms with Gasteiger partial charge in [0.25, 0.3) is 5.91 Å². The summed E-state index contributed by atoms with van der Waals surface area (Å²) in [6.07, 6.45) is 0.0795. The summed E-state index contributed by atoms with van der Waals surface area (Å²) in [6.45, 7) is 0.988. The van der Waals surface area contributed by atoms with Crippen molar-refractivity contribution in [2.24, 2.45) is 0 Å². The Bertz CT molecular complexity index is 840. The zero-order valence-electron chi connectivity index (χ0n) is 14.1. The van der Waals surface area contributed by atoms with Crippen LogP contribution in [0, 0.1) is 0 Å². The number of halogens is 1. The summed E-state index contributed by atoms with van der Waals surface area (Å²) < 4.78 is 4.87. The highest BCUT2D eigenvalue weighted by molar-refractivity contribution is 8.00. The standard InChI is InChI=1S/C16H15ClN2O6S2/c1-8(20)25-6-9-7-27-15-16(17,14(24)19(15)12(9)13(22)23)18-11(21)5-10-3-2-4-26-10/h2-4,15H,5-7H2,1H3,(H,18,21)(H,22,23)/t15-,16+/m1/s1. The first-order valence-electron chi connectivity index (χ1n) is 7.80. The highest BCUT2D eigenvalue weighted by Gasteiger charge is 2.65. The lowest BCUT2D eigenvalue weighted by atomic mass is 10.0. The van der Waals surface area contributed by atoms with Crippen LogP contribution in [0.25, 0.3) is 0 Å². The van der Waals surface area contributed by atoms with E-state index in [-0.39, 0.29) is 24.5 Å². The summed E-state index contributed by atoms with van der Waals surface area (Å²) in [6, 6.07) is 3.60. The first kappa shape index (κ1) is 19.7. The normalized spacial score (nSPS) is 24.1. The fourth-order valence-electron chi connectivity index (χ4n) is 2.81. The van der Waals surface area contributed by atoms with Crippen molar-refractivity contribution in [3.63, 3.8) is 0 Å². The molecule has 8 nitrogen and oxygen atoms in total. The molecule has 27 heavy (non-hydrogen) atoms. The summed E-state index contributed by atoms with van der Waals surface area (Å²) in [5.74, 6) is -2.81. The predicted octanol–water partition coefficient (Wildman–Crippen LogP) is 1.16. The van der Waals surface area contributed by atoms with Gasteiger partial charge in [0.15, 0.2) is 0 Å². The monoisotopic (exact) mass is 430 g/mol. The second kappa shape index (κ2) is 7.53. The van der Waals surface area contributed by atoms with Crippen molar-refractivity contribution < 1.29 is 29.0 Å². The van der Waals surface area contributed by atoms with Crippen LogP contribution in [0.15, 0.2) is 28.8 Å². The summed E-state index contributed by atoms with van der Waals surface area (Å²) in [5.41, 5.74) is 0.0460. The van der Waals surface area contributed by atoms with Gasteiger partial charge in [-0.25, -0.2) is 4.79 Å². The first-order chi connectivity index (χ1) is 12.7. The van der Waals surface area contributed by atoms with Crippen molar-refractivity contribution in [1.29, 1.82) is 0 Å². The van der Waals surface area contributed by atoms with Crippen LogP contribution in [-0.2, 0) is 30.3 Å². The highest BCUT2D eigenvalue weighted by Crippen LogP contribution is 2.48. The number of amides is 2. The van der Waals surface area contributed by atoms with E-state index in [1.165, 1.54) is 30.0 Å². The van der Waals surface area contributed by atoms with E-state index in [1.807, 2.05) is 11.4 Å². The van der Waals surface area contributed by atoms with E-state index in [0.717, 1.165) is 9.78 Å². The number of alkyl halides is 1. The third kappa shape index (κ3) is 3.69. The molecule has 2 N–H and O–H groups in total. The Morgan fingerprint density at radius 3 is 2.81 bits per heavy atom. The molecule has 11 heteroatoms. The Morgan fingerprint density at radius 1 is 1.48 bits per heavy atom. The molecule has 0 unspecified atom stereocenters. The SMILES string of the molecule is CC(=O)OCC1=C(C(=O)O)N2C(=O)[C@](Cl)(NC(=O)Cc3cccs3)[C@H]2SC1. The number of carboxylic acid groups (broad SMARTS) is 1. The maximum absolute atomic E-state index is 12.6. The van der Waals surface area contributed by atoms with Gasteiger partial charge >= 0.3 is 11.9 Å². The summed E-state index contributed by atoms with van der Waals surface area (Å²) in [5, 5.41) is 13.1. The minimum atomic E-state index is -1.70. The Hall–Kier alpha value is -2.04. The van der Waals surface area contributed by atoms with Crippen molar-refractivity contribution in [2.75, 3.05) is 12.4 Å². The maximum atomic E-state index is 12.6. The van der Waals surface area contributed by atoms with Gasteiger partial charge in [-0.1, -0.05) is 17.7 Å². The number of hydrogen-bond donors (Lipinski definition) is 2. The van der Waals surface area contributed by atoms with E-state index in [0.29, 0.717) is 5.57 Å². The van der Waals surface area contributed by atoms with Crippen molar-refractivity contribution in [1.82, 2.24) is 10.2 Å². The molecule has 0 bridgehead atoms. The van der Waals surface area contributed by atoms with E-state index in [9.17, 15) is 24.3 Å². The highest BCUT2D eigenvalue weighted by atomic mass is 35.5. The third-order valence-corrected chi connectivity index (χ3v) is 6.85. The molecule has 0 spiro atoms.